The number of para-hydroxylation sites is 1. The fraction of sp³-hybridized carbons (Fsp3) is 0.300. The van der Waals surface area contributed by atoms with Crippen LogP contribution in [0.2, 0.25) is 0 Å². The number of nitrogens with one attached hydrogen (secondary N) is 1. The summed E-state index contributed by atoms with van der Waals surface area (Å²) in [7, 11) is 1.65. The second kappa shape index (κ2) is 8.38. The van der Waals surface area contributed by atoms with Crippen molar-refractivity contribution in [1.82, 2.24) is 4.90 Å². The highest BCUT2D eigenvalue weighted by Crippen LogP contribution is 2.20. The van der Waals surface area contributed by atoms with Crippen LogP contribution < -0.4 is 15.0 Å². The van der Waals surface area contributed by atoms with Crippen molar-refractivity contribution in [2.24, 2.45) is 0 Å². The van der Waals surface area contributed by atoms with E-state index >= 15 is 0 Å². The van der Waals surface area contributed by atoms with E-state index in [0.717, 1.165) is 24.5 Å². The summed E-state index contributed by atoms with van der Waals surface area (Å²) in [4.78, 5) is 28.4. The molecule has 0 bridgehead atoms. The van der Waals surface area contributed by atoms with E-state index < -0.39 is 0 Å². The van der Waals surface area contributed by atoms with E-state index in [0.29, 0.717) is 18.8 Å². The molecule has 6 heteroatoms. The van der Waals surface area contributed by atoms with Crippen LogP contribution in [-0.2, 0) is 9.59 Å². The molecule has 1 aliphatic rings. The Balaban J connectivity index is 1.47. The van der Waals surface area contributed by atoms with Crippen molar-refractivity contribution in [3.63, 3.8) is 0 Å². The van der Waals surface area contributed by atoms with E-state index in [9.17, 15) is 9.59 Å². The lowest BCUT2D eigenvalue weighted by Crippen LogP contribution is -2.49. The van der Waals surface area contributed by atoms with Gasteiger partial charge in [0.2, 0.25) is 11.8 Å². The van der Waals surface area contributed by atoms with Crippen LogP contribution in [0.1, 0.15) is 6.42 Å². The standard InChI is InChI=1S/C20H23N3O3/c1-26-18-9-7-17(8-10-18)22-11-13-23(14-12-22)20(25)15-19(24)21-16-5-3-2-4-6-16/h2-10H,11-15H2,1H3,(H,21,24). The third-order valence-electron chi connectivity index (χ3n) is 4.44. The lowest BCUT2D eigenvalue weighted by Gasteiger charge is -2.36. The normalized spacial score (nSPS) is 14.0. The summed E-state index contributed by atoms with van der Waals surface area (Å²) in [5, 5.41) is 2.75. The molecule has 2 aromatic rings. The van der Waals surface area contributed by atoms with Crippen LogP contribution in [0.3, 0.4) is 0 Å². The highest BCUT2D eigenvalue weighted by Gasteiger charge is 2.23. The van der Waals surface area contributed by atoms with Crippen LogP contribution in [0.15, 0.2) is 54.6 Å². The Labute approximate surface area is 153 Å². The maximum Gasteiger partial charge on any atom is 0.233 e. The topological polar surface area (TPSA) is 61.9 Å². The lowest BCUT2D eigenvalue weighted by atomic mass is 10.2. The van der Waals surface area contributed by atoms with Crippen LogP contribution in [0.5, 0.6) is 5.75 Å². The number of ether oxygens (including phenoxy) is 1. The Morgan fingerprint density at radius 1 is 0.962 bits per heavy atom. The molecule has 3 rings (SSSR count). The van der Waals surface area contributed by atoms with Crippen LogP contribution in [-0.4, -0.2) is 50.0 Å². The molecule has 1 fully saturated rings. The fourth-order valence-electron chi connectivity index (χ4n) is 2.98. The zero-order valence-corrected chi connectivity index (χ0v) is 14.9. The number of benzene rings is 2. The minimum Gasteiger partial charge on any atom is -0.497 e. The van der Waals surface area contributed by atoms with Crippen molar-refractivity contribution >= 4 is 23.2 Å². The molecule has 0 spiro atoms. The first-order valence-electron chi connectivity index (χ1n) is 8.67. The highest BCUT2D eigenvalue weighted by atomic mass is 16.5. The fourth-order valence-corrected chi connectivity index (χ4v) is 2.98. The first-order valence-corrected chi connectivity index (χ1v) is 8.67. The maximum atomic E-state index is 12.4. The number of nitrogens with zero attached hydrogens (tertiary/aromatic N) is 2. The van der Waals surface area contributed by atoms with Gasteiger partial charge in [-0.2, -0.15) is 0 Å². The molecular formula is C20H23N3O3. The second-order valence-electron chi connectivity index (χ2n) is 6.16. The summed E-state index contributed by atoms with van der Waals surface area (Å²) in [6.07, 6.45) is -0.128. The number of rotatable bonds is 5. The number of amides is 2. The van der Waals surface area contributed by atoms with Crippen molar-refractivity contribution in [3.05, 3.63) is 54.6 Å². The van der Waals surface area contributed by atoms with Gasteiger partial charge in [0, 0.05) is 37.6 Å². The molecule has 0 atom stereocenters. The molecule has 0 aliphatic carbocycles. The summed E-state index contributed by atoms with van der Waals surface area (Å²) in [5.41, 5.74) is 1.81. The van der Waals surface area contributed by atoms with Gasteiger partial charge in [-0.1, -0.05) is 18.2 Å². The Morgan fingerprint density at radius 2 is 1.62 bits per heavy atom. The molecular weight excluding hydrogens is 330 g/mol. The van der Waals surface area contributed by atoms with Gasteiger partial charge in [-0.15, -0.1) is 0 Å². The summed E-state index contributed by atoms with van der Waals surface area (Å²) < 4.78 is 5.18. The molecule has 0 saturated carbocycles. The monoisotopic (exact) mass is 353 g/mol. The van der Waals surface area contributed by atoms with E-state index in [-0.39, 0.29) is 18.2 Å². The average Bonchev–Trinajstić information content (AvgIpc) is 2.69. The van der Waals surface area contributed by atoms with E-state index in [1.54, 1.807) is 24.1 Å². The summed E-state index contributed by atoms with van der Waals surface area (Å²) in [5.74, 6) is 0.415. The van der Waals surface area contributed by atoms with Gasteiger partial charge in [0.15, 0.2) is 0 Å². The van der Waals surface area contributed by atoms with Gasteiger partial charge in [0.05, 0.1) is 7.11 Å². The van der Waals surface area contributed by atoms with Crippen LogP contribution in [0.25, 0.3) is 0 Å². The van der Waals surface area contributed by atoms with Gasteiger partial charge < -0.3 is 19.9 Å². The lowest BCUT2D eigenvalue weighted by molar-refractivity contribution is -0.134. The molecule has 1 heterocycles. The molecule has 26 heavy (non-hydrogen) atoms. The molecule has 0 unspecified atom stereocenters. The Hall–Kier alpha value is -3.02. The molecule has 2 aromatic carbocycles. The van der Waals surface area contributed by atoms with Gasteiger partial charge >= 0.3 is 0 Å². The largest absolute Gasteiger partial charge is 0.497 e. The molecule has 2 amide bonds. The molecule has 6 nitrogen and oxygen atoms in total. The highest BCUT2D eigenvalue weighted by molar-refractivity contribution is 6.03. The number of hydrogen-bond donors (Lipinski definition) is 1. The molecule has 0 aromatic heterocycles. The van der Waals surface area contributed by atoms with Crippen LogP contribution in [0.4, 0.5) is 11.4 Å². The van der Waals surface area contributed by atoms with Crippen molar-refractivity contribution in [1.29, 1.82) is 0 Å². The molecule has 1 N–H and O–H groups in total. The van der Waals surface area contributed by atoms with Crippen LogP contribution in [0, 0.1) is 0 Å². The minimum atomic E-state index is -0.279. The van der Waals surface area contributed by atoms with E-state index in [4.69, 9.17) is 4.74 Å². The second-order valence-corrected chi connectivity index (χ2v) is 6.16. The van der Waals surface area contributed by atoms with Crippen molar-refractivity contribution < 1.29 is 14.3 Å². The number of methoxy groups -OCH3 is 1. The summed E-state index contributed by atoms with van der Waals surface area (Å²) >= 11 is 0. The zero-order valence-electron chi connectivity index (χ0n) is 14.9. The number of carbonyl (C=O) groups is 2. The molecule has 1 saturated heterocycles. The molecule has 0 radical (unpaired) electrons. The maximum absolute atomic E-state index is 12.4. The average molecular weight is 353 g/mol. The van der Waals surface area contributed by atoms with Crippen molar-refractivity contribution in [2.75, 3.05) is 43.5 Å². The third-order valence-corrected chi connectivity index (χ3v) is 4.44. The number of hydrogen-bond acceptors (Lipinski definition) is 4. The number of carbonyl (C=O) groups excluding carboxylic acids is 2. The van der Waals surface area contributed by atoms with Gasteiger partial charge in [-0.25, -0.2) is 0 Å². The van der Waals surface area contributed by atoms with E-state index in [1.807, 2.05) is 42.5 Å². The quantitative estimate of drug-likeness (QED) is 0.839. The number of anilines is 2. The van der Waals surface area contributed by atoms with Crippen LogP contribution >= 0.6 is 0 Å². The predicted molar refractivity (Wildman–Crippen MR) is 101 cm³/mol. The van der Waals surface area contributed by atoms with E-state index in [2.05, 4.69) is 10.2 Å². The predicted octanol–water partition coefficient (Wildman–Crippen LogP) is 2.37. The van der Waals surface area contributed by atoms with Crippen molar-refractivity contribution in [2.45, 2.75) is 6.42 Å². The van der Waals surface area contributed by atoms with E-state index in [1.165, 1.54) is 0 Å². The molecule has 1 aliphatic heterocycles. The zero-order chi connectivity index (χ0) is 18.4. The SMILES string of the molecule is COc1ccc(N2CCN(C(=O)CC(=O)Nc3ccccc3)CC2)cc1. The Morgan fingerprint density at radius 3 is 2.23 bits per heavy atom. The third kappa shape index (κ3) is 4.53. The minimum absolute atomic E-state index is 0.128. The van der Waals surface area contributed by atoms with Crippen molar-refractivity contribution in [3.8, 4) is 5.75 Å². The summed E-state index contributed by atoms with van der Waals surface area (Å²) in [6, 6.07) is 17.1. The van der Waals surface area contributed by atoms with Gasteiger partial charge in [-0.05, 0) is 36.4 Å². The Kier molecular flexibility index (Phi) is 5.73. The first kappa shape index (κ1) is 17.8. The first-order chi connectivity index (χ1) is 12.7. The smallest absolute Gasteiger partial charge is 0.233 e. The summed E-state index contributed by atoms with van der Waals surface area (Å²) in [6.45, 7) is 2.73. The molecule has 136 valence electrons. The van der Waals surface area contributed by atoms with Gasteiger partial charge in [0.25, 0.3) is 0 Å². The van der Waals surface area contributed by atoms with Gasteiger partial charge in [0.1, 0.15) is 12.2 Å². The van der Waals surface area contributed by atoms with Gasteiger partial charge in [-0.3, -0.25) is 9.59 Å². The number of piperazine rings is 1. The Bertz CT molecular complexity index is 739.